The summed E-state index contributed by atoms with van der Waals surface area (Å²) in [5, 5.41) is 4.13. The molecule has 88 valence electrons. The summed E-state index contributed by atoms with van der Waals surface area (Å²) < 4.78 is 1.09. The lowest BCUT2D eigenvalue weighted by atomic mass is 10.2. The summed E-state index contributed by atoms with van der Waals surface area (Å²) in [4.78, 5) is 8.33. The molecular weight excluding hydrogens is 349 g/mol. The topological polar surface area (TPSA) is 37.8 Å². The van der Waals surface area contributed by atoms with Crippen LogP contribution in [0.25, 0.3) is 0 Å². The minimum atomic E-state index is 0.110. The molecule has 5 heteroatoms. The lowest BCUT2D eigenvalue weighted by Crippen LogP contribution is -2.09. The molecular formula is C12H11ClIN3. The monoisotopic (exact) mass is 359 g/mol. The molecule has 0 aliphatic heterocycles. The van der Waals surface area contributed by atoms with E-state index in [9.17, 15) is 0 Å². The normalized spacial score (nSPS) is 12.2. The molecule has 1 N–H and O–H groups in total. The van der Waals surface area contributed by atoms with E-state index in [1.54, 1.807) is 18.6 Å². The summed E-state index contributed by atoms with van der Waals surface area (Å²) in [6.45, 7) is 2.05. The highest BCUT2D eigenvalue weighted by Crippen LogP contribution is 2.25. The van der Waals surface area contributed by atoms with Gasteiger partial charge >= 0.3 is 0 Å². The molecule has 0 saturated carbocycles. The molecule has 1 atom stereocenters. The minimum absolute atomic E-state index is 0.110. The molecule has 2 rings (SSSR count). The highest BCUT2D eigenvalue weighted by atomic mass is 127. The molecule has 1 aromatic carbocycles. The molecule has 0 spiro atoms. The number of benzene rings is 1. The number of anilines is 1. The first kappa shape index (κ1) is 12.6. The molecule has 0 saturated heterocycles. The number of nitrogens with one attached hydrogen (secondary N) is 1. The fourth-order valence-corrected chi connectivity index (χ4v) is 2.48. The molecule has 1 unspecified atom stereocenters. The van der Waals surface area contributed by atoms with Gasteiger partial charge in [-0.05, 0) is 47.7 Å². The summed E-state index contributed by atoms with van der Waals surface area (Å²) in [5.74, 6) is 0. The van der Waals surface area contributed by atoms with Crippen molar-refractivity contribution in [1.82, 2.24) is 9.97 Å². The molecule has 17 heavy (non-hydrogen) atoms. The number of rotatable bonds is 3. The molecule has 1 heterocycles. The predicted molar refractivity (Wildman–Crippen MR) is 78.2 cm³/mol. The van der Waals surface area contributed by atoms with E-state index >= 15 is 0 Å². The molecule has 3 nitrogen and oxygen atoms in total. The van der Waals surface area contributed by atoms with Crippen LogP contribution in [0, 0.1) is 3.57 Å². The smallest absolute Gasteiger partial charge is 0.0806 e. The second-order valence-corrected chi connectivity index (χ2v) is 5.22. The van der Waals surface area contributed by atoms with Gasteiger partial charge in [0.15, 0.2) is 0 Å². The van der Waals surface area contributed by atoms with Crippen LogP contribution < -0.4 is 5.32 Å². The Kier molecular flexibility index (Phi) is 4.17. The van der Waals surface area contributed by atoms with Gasteiger partial charge in [0.25, 0.3) is 0 Å². The molecule has 0 bridgehead atoms. The van der Waals surface area contributed by atoms with Gasteiger partial charge in [-0.3, -0.25) is 9.97 Å². The second kappa shape index (κ2) is 5.64. The van der Waals surface area contributed by atoms with Gasteiger partial charge in [0.2, 0.25) is 0 Å². The van der Waals surface area contributed by atoms with Gasteiger partial charge in [-0.15, -0.1) is 0 Å². The fourth-order valence-electron chi connectivity index (χ4n) is 1.45. The Bertz CT molecular complexity index is 504. The molecule has 0 radical (unpaired) electrons. The zero-order valence-corrected chi connectivity index (χ0v) is 12.1. The van der Waals surface area contributed by atoms with Gasteiger partial charge in [0.1, 0.15) is 0 Å². The van der Waals surface area contributed by atoms with Crippen molar-refractivity contribution in [1.29, 1.82) is 0 Å². The van der Waals surface area contributed by atoms with Gasteiger partial charge in [0, 0.05) is 26.7 Å². The Hall–Kier alpha value is -0.880. The highest BCUT2D eigenvalue weighted by Gasteiger charge is 2.08. The van der Waals surface area contributed by atoms with Crippen molar-refractivity contribution in [3.63, 3.8) is 0 Å². The Morgan fingerprint density at radius 1 is 1.35 bits per heavy atom. The van der Waals surface area contributed by atoms with Crippen molar-refractivity contribution in [2.45, 2.75) is 13.0 Å². The van der Waals surface area contributed by atoms with Crippen LogP contribution in [-0.4, -0.2) is 9.97 Å². The number of nitrogens with zero attached hydrogens (tertiary/aromatic N) is 2. The molecule has 1 aromatic heterocycles. The Morgan fingerprint density at radius 2 is 2.18 bits per heavy atom. The first-order valence-electron chi connectivity index (χ1n) is 5.14. The van der Waals surface area contributed by atoms with Crippen LogP contribution in [0.15, 0.2) is 36.8 Å². The first-order chi connectivity index (χ1) is 8.16. The standard InChI is InChI=1S/C12H11ClIN3/c1-8(12-7-15-4-5-16-12)17-11-3-2-9(13)6-10(11)14/h2-8,17H,1H3. The lowest BCUT2D eigenvalue weighted by Gasteiger charge is -2.15. The van der Waals surface area contributed by atoms with Gasteiger partial charge in [0.05, 0.1) is 17.9 Å². The summed E-state index contributed by atoms with van der Waals surface area (Å²) in [6.07, 6.45) is 5.13. The zero-order valence-electron chi connectivity index (χ0n) is 9.19. The molecule has 0 amide bonds. The summed E-state index contributed by atoms with van der Waals surface area (Å²) in [6, 6.07) is 5.87. The average molecular weight is 360 g/mol. The number of hydrogen-bond acceptors (Lipinski definition) is 3. The molecule has 0 aliphatic carbocycles. The Balaban J connectivity index is 2.16. The van der Waals surface area contributed by atoms with E-state index in [0.717, 1.165) is 20.0 Å². The quantitative estimate of drug-likeness (QED) is 0.845. The summed E-state index contributed by atoms with van der Waals surface area (Å²) in [7, 11) is 0. The maximum Gasteiger partial charge on any atom is 0.0806 e. The maximum atomic E-state index is 5.92. The Morgan fingerprint density at radius 3 is 2.82 bits per heavy atom. The second-order valence-electron chi connectivity index (χ2n) is 3.62. The van der Waals surface area contributed by atoms with E-state index in [2.05, 4.69) is 44.8 Å². The van der Waals surface area contributed by atoms with Crippen LogP contribution in [0.3, 0.4) is 0 Å². The van der Waals surface area contributed by atoms with Crippen LogP contribution in [0.1, 0.15) is 18.7 Å². The third kappa shape index (κ3) is 3.29. The third-order valence-electron chi connectivity index (χ3n) is 2.33. The first-order valence-corrected chi connectivity index (χ1v) is 6.60. The van der Waals surface area contributed by atoms with Crippen molar-refractivity contribution in [2.24, 2.45) is 0 Å². The summed E-state index contributed by atoms with van der Waals surface area (Å²) >= 11 is 8.17. The maximum absolute atomic E-state index is 5.92. The molecule has 0 fully saturated rings. The average Bonchev–Trinajstić information content (AvgIpc) is 2.34. The SMILES string of the molecule is CC(Nc1ccc(Cl)cc1I)c1cnccn1. The van der Waals surface area contributed by atoms with Crippen LogP contribution in [0.2, 0.25) is 5.02 Å². The zero-order chi connectivity index (χ0) is 12.3. The fraction of sp³-hybridized carbons (Fsp3) is 0.167. The van der Waals surface area contributed by atoms with Crippen molar-refractivity contribution in [2.75, 3.05) is 5.32 Å². The summed E-state index contributed by atoms with van der Waals surface area (Å²) in [5.41, 5.74) is 1.96. The van der Waals surface area contributed by atoms with E-state index in [-0.39, 0.29) is 6.04 Å². The van der Waals surface area contributed by atoms with Crippen LogP contribution >= 0.6 is 34.2 Å². The predicted octanol–water partition coefficient (Wildman–Crippen LogP) is 3.91. The van der Waals surface area contributed by atoms with Crippen molar-refractivity contribution >= 4 is 39.9 Å². The highest BCUT2D eigenvalue weighted by molar-refractivity contribution is 14.1. The van der Waals surface area contributed by atoms with Gasteiger partial charge in [-0.25, -0.2) is 0 Å². The Labute approximate surface area is 119 Å². The van der Waals surface area contributed by atoms with Crippen LogP contribution in [-0.2, 0) is 0 Å². The van der Waals surface area contributed by atoms with Crippen molar-refractivity contribution in [3.05, 3.63) is 51.1 Å². The van der Waals surface area contributed by atoms with Crippen LogP contribution in [0.4, 0.5) is 5.69 Å². The van der Waals surface area contributed by atoms with E-state index in [4.69, 9.17) is 11.6 Å². The van der Waals surface area contributed by atoms with Gasteiger partial charge in [-0.1, -0.05) is 11.6 Å². The van der Waals surface area contributed by atoms with Crippen LogP contribution in [0.5, 0.6) is 0 Å². The van der Waals surface area contributed by atoms with E-state index < -0.39 is 0 Å². The number of hydrogen-bond donors (Lipinski definition) is 1. The van der Waals surface area contributed by atoms with E-state index in [0.29, 0.717) is 0 Å². The molecule has 0 aliphatic rings. The molecule has 2 aromatic rings. The number of aromatic nitrogens is 2. The third-order valence-corrected chi connectivity index (χ3v) is 3.46. The van der Waals surface area contributed by atoms with E-state index in [1.165, 1.54) is 0 Å². The number of halogens is 2. The van der Waals surface area contributed by atoms with Crippen molar-refractivity contribution in [3.8, 4) is 0 Å². The van der Waals surface area contributed by atoms with Gasteiger partial charge < -0.3 is 5.32 Å². The minimum Gasteiger partial charge on any atom is -0.376 e. The largest absolute Gasteiger partial charge is 0.376 e. The van der Waals surface area contributed by atoms with Gasteiger partial charge in [-0.2, -0.15) is 0 Å². The lowest BCUT2D eigenvalue weighted by molar-refractivity contribution is 0.826. The van der Waals surface area contributed by atoms with E-state index in [1.807, 2.05) is 18.2 Å². The van der Waals surface area contributed by atoms with Crippen molar-refractivity contribution < 1.29 is 0 Å².